The van der Waals surface area contributed by atoms with Gasteiger partial charge >= 0.3 is 6.18 Å². The fraction of sp³-hybridized carbons (Fsp3) is 0.217. The summed E-state index contributed by atoms with van der Waals surface area (Å²) in [7, 11) is -4.12. The number of halogens is 6. The van der Waals surface area contributed by atoms with E-state index in [0.29, 0.717) is 26.0 Å². The number of hydrogen-bond donors (Lipinski definition) is 1. The number of hydrazone groups is 1. The van der Waals surface area contributed by atoms with E-state index in [2.05, 4.69) is 10.5 Å². The number of carbonyl (C=O) groups excluding carboxylic acids is 1. The molecule has 0 aliphatic carbocycles. The first-order valence-electron chi connectivity index (χ1n) is 10.4. The molecule has 1 aromatic heterocycles. The summed E-state index contributed by atoms with van der Waals surface area (Å²) < 4.78 is 66.6. The second-order valence-corrected chi connectivity index (χ2v) is 11.1. The van der Waals surface area contributed by atoms with Crippen molar-refractivity contribution in [3.8, 4) is 5.69 Å². The molecule has 0 spiro atoms. The van der Waals surface area contributed by atoms with Crippen molar-refractivity contribution in [2.24, 2.45) is 5.10 Å². The van der Waals surface area contributed by atoms with Crippen molar-refractivity contribution in [1.82, 2.24) is 9.99 Å². The van der Waals surface area contributed by atoms with E-state index in [4.69, 9.17) is 34.8 Å². The number of benzene rings is 2. The minimum absolute atomic E-state index is 0.372. The average molecular weight is 596 g/mol. The zero-order valence-electron chi connectivity index (χ0n) is 19.6. The largest absolute Gasteiger partial charge is 0.417 e. The van der Waals surface area contributed by atoms with Gasteiger partial charge in [-0.25, -0.2) is 13.8 Å². The molecular formula is C23H20Cl3F3N4O3S. The van der Waals surface area contributed by atoms with Crippen LogP contribution in [0, 0.1) is 13.8 Å². The number of nitrogens with zero attached hydrogens (tertiary/aromatic N) is 3. The number of carbonyl (C=O) groups is 1. The van der Waals surface area contributed by atoms with Gasteiger partial charge in [-0.1, -0.05) is 34.8 Å². The second-order valence-electron chi connectivity index (χ2n) is 7.99. The number of aromatic nitrogens is 1. The van der Waals surface area contributed by atoms with Crippen LogP contribution in [-0.2, 0) is 21.0 Å². The van der Waals surface area contributed by atoms with E-state index >= 15 is 0 Å². The summed E-state index contributed by atoms with van der Waals surface area (Å²) in [4.78, 5) is 12.4. The maximum atomic E-state index is 13.2. The Labute approximate surface area is 226 Å². The number of amides is 1. The molecule has 3 aromatic rings. The molecular weight excluding hydrogens is 576 g/mol. The number of nitrogens with one attached hydrogen (secondary N) is 1. The van der Waals surface area contributed by atoms with Crippen molar-refractivity contribution < 1.29 is 26.4 Å². The Hall–Kier alpha value is -2.73. The van der Waals surface area contributed by atoms with Crippen molar-refractivity contribution >= 4 is 62.6 Å². The van der Waals surface area contributed by atoms with E-state index in [1.165, 1.54) is 6.21 Å². The van der Waals surface area contributed by atoms with Crippen LogP contribution in [0.1, 0.15) is 22.5 Å². The molecule has 198 valence electrons. The Morgan fingerprint density at radius 2 is 1.70 bits per heavy atom. The van der Waals surface area contributed by atoms with Gasteiger partial charge in [-0.15, -0.1) is 0 Å². The van der Waals surface area contributed by atoms with Gasteiger partial charge in [-0.3, -0.25) is 9.10 Å². The van der Waals surface area contributed by atoms with Gasteiger partial charge in [0.2, 0.25) is 10.0 Å². The van der Waals surface area contributed by atoms with Crippen LogP contribution in [0.25, 0.3) is 5.69 Å². The molecule has 0 bridgehead atoms. The molecule has 2 aromatic carbocycles. The Balaban J connectivity index is 1.79. The maximum Gasteiger partial charge on any atom is 0.417 e. The van der Waals surface area contributed by atoms with Gasteiger partial charge in [0.15, 0.2) is 0 Å². The quantitative estimate of drug-likeness (QED) is 0.269. The van der Waals surface area contributed by atoms with Crippen LogP contribution >= 0.6 is 34.8 Å². The molecule has 37 heavy (non-hydrogen) atoms. The summed E-state index contributed by atoms with van der Waals surface area (Å²) in [5.41, 5.74) is 3.63. The highest BCUT2D eigenvalue weighted by atomic mass is 35.5. The molecule has 0 unspecified atom stereocenters. The summed E-state index contributed by atoms with van der Waals surface area (Å²) in [5, 5.41) is 4.07. The van der Waals surface area contributed by atoms with Crippen molar-refractivity contribution in [2.45, 2.75) is 20.0 Å². The average Bonchev–Trinajstić information content (AvgIpc) is 3.06. The molecule has 0 fully saturated rings. The van der Waals surface area contributed by atoms with Crippen molar-refractivity contribution in [3.63, 3.8) is 0 Å². The van der Waals surface area contributed by atoms with Gasteiger partial charge < -0.3 is 4.57 Å². The number of alkyl halides is 3. The third-order valence-electron chi connectivity index (χ3n) is 5.26. The van der Waals surface area contributed by atoms with E-state index in [-0.39, 0.29) is 5.69 Å². The molecule has 0 saturated carbocycles. The lowest BCUT2D eigenvalue weighted by atomic mass is 10.2. The summed E-state index contributed by atoms with van der Waals surface area (Å²) in [6, 6.07) is 9.52. The summed E-state index contributed by atoms with van der Waals surface area (Å²) in [6.45, 7) is 2.87. The lowest BCUT2D eigenvalue weighted by Gasteiger charge is -2.22. The minimum atomic E-state index is -4.81. The topological polar surface area (TPSA) is 83.8 Å². The van der Waals surface area contributed by atoms with E-state index < -0.39 is 39.2 Å². The monoisotopic (exact) mass is 594 g/mol. The minimum Gasteiger partial charge on any atom is -0.318 e. The SMILES string of the molecule is Cc1cc(/C=N\NC(=O)CN(c2ccc(Cl)c(C(F)(F)F)c2)S(C)(=O)=O)c(C)n1-c1ccc(Cl)c(Cl)c1. The van der Waals surface area contributed by atoms with Crippen LogP contribution < -0.4 is 9.73 Å². The highest BCUT2D eigenvalue weighted by Crippen LogP contribution is 2.37. The normalized spacial score (nSPS) is 12.2. The third kappa shape index (κ3) is 6.78. The molecule has 0 aliphatic rings. The number of sulfonamides is 1. The van der Waals surface area contributed by atoms with E-state index in [1.807, 2.05) is 24.5 Å². The molecule has 0 radical (unpaired) electrons. The predicted molar refractivity (Wildman–Crippen MR) is 140 cm³/mol. The summed E-state index contributed by atoms with van der Waals surface area (Å²) in [5.74, 6) is -0.872. The highest BCUT2D eigenvalue weighted by Gasteiger charge is 2.34. The number of hydrogen-bond acceptors (Lipinski definition) is 4. The highest BCUT2D eigenvalue weighted by molar-refractivity contribution is 7.92. The molecule has 7 nitrogen and oxygen atoms in total. The van der Waals surface area contributed by atoms with E-state index in [1.54, 1.807) is 18.2 Å². The number of anilines is 1. The second kappa shape index (κ2) is 10.9. The third-order valence-corrected chi connectivity index (χ3v) is 7.46. The van der Waals surface area contributed by atoms with E-state index in [0.717, 1.165) is 35.5 Å². The standard InChI is InChI=1S/C23H20Cl3F3N4O3S/c1-13-8-15(14(2)33(13)17-5-7-20(25)21(26)10-17)11-30-31-22(34)12-32(37(3,35)36)16-4-6-19(24)18(9-16)23(27,28)29/h4-11H,12H2,1-3H3,(H,31,34)/b30-11-. The Morgan fingerprint density at radius 3 is 2.30 bits per heavy atom. The van der Waals surface area contributed by atoms with Crippen LogP contribution in [0.2, 0.25) is 15.1 Å². The molecule has 0 aliphatic heterocycles. The lowest BCUT2D eigenvalue weighted by Crippen LogP contribution is -2.39. The fourth-order valence-corrected chi connectivity index (χ4v) is 4.93. The van der Waals surface area contributed by atoms with Gasteiger partial charge in [0, 0.05) is 22.6 Å². The van der Waals surface area contributed by atoms with Gasteiger partial charge in [0.05, 0.1) is 38.8 Å². The zero-order chi connectivity index (χ0) is 27.7. The Morgan fingerprint density at radius 1 is 1.05 bits per heavy atom. The van der Waals surface area contributed by atoms with Gasteiger partial charge in [-0.05, 0) is 56.3 Å². The molecule has 0 atom stereocenters. The summed E-state index contributed by atoms with van der Waals surface area (Å²) >= 11 is 17.7. The predicted octanol–water partition coefficient (Wildman–Crippen LogP) is 5.99. The Kier molecular flexibility index (Phi) is 8.53. The molecule has 1 heterocycles. The maximum absolute atomic E-state index is 13.2. The molecule has 14 heteroatoms. The smallest absolute Gasteiger partial charge is 0.318 e. The van der Waals surface area contributed by atoms with Crippen molar-refractivity contribution in [2.75, 3.05) is 17.1 Å². The van der Waals surface area contributed by atoms with Crippen molar-refractivity contribution in [1.29, 1.82) is 0 Å². The number of rotatable bonds is 7. The molecule has 1 N–H and O–H groups in total. The zero-order valence-corrected chi connectivity index (χ0v) is 22.7. The first-order chi connectivity index (χ1) is 17.1. The fourth-order valence-electron chi connectivity index (χ4n) is 3.57. The first-order valence-corrected chi connectivity index (χ1v) is 13.4. The number of aryl methyl sites for hydroxylation is 1. The Bertz CT molecular complexity index is 1490. The van der Waals surface area contributed by atoms with Gasteiger partial charge in [0.25, 0.3) is 5.91 Å². The molecule has 1 amide bonds. The van der Waals surface area contributed by atoms with Crippen LogP contribution in [0.5, 0.6) is 0 Å². The van der Waals surface area contributed by atoms with E-state index in [9.17, 15) is 26.4 Å². The summed E-state index contributed by atoms with van der Waals surface area (Å²) in [6.07, 6.45) is -2.68. The van der Waals surface area contributed by atoms with Crippen LogP contribution in [0.3, 0.4) is 0 Å². The van der Waals surface area contributed by atoms with Crippen molar-refractivity contribution in [3.05, 3.63) is 80.0 Å². The van der Waals surface area contributed by atoms with Gasteiger partial charge in [0.1, 0.15) is 6.54 Å². The van der Waals surface area contributed by atoms with Crippen LogP contribution in [0.15, 0.2) is 47.6 Å². The molecule has 3 rings (SSSR count). The van der Waals surface area contributed by atoms with Crippen LogP contribution in [-0.4, -0.2) is 37.9 Å². The van der Waals surface area contributed by atoms with Crippen LogP contribution in [0.4, 0.5) is 18.9 Å². The lowest BCUT2D eigenvalue weighted by molar-refractivity contribution is -0.137. The first kappa shape index (κ1) is 28.8. The van der Waals surface area contributed by atoms with Gasteiger partial charge in [-0.2, -0.15) is 18.3 Å². The molecule has 0 saturated heterocycles.